The van der Waals surface area contributed by atoms with E-state index in [4.69, 9.17) is 5.84 Å². The van der Waals surface area contributed by atoms with Crippen LogP contribution in [0.5, 0.6) is 0 Å². The van der Waals surface area contributed by atoms with Gasteiger partial charge in [-0.25, -0.2) is 15.8 Å². The molecule has 0 radical (unpaired) electrons. The summed E-state index contributed by atoms with van der Waals surface area (Å²) in [4.78, 5) is 15.1. The second-order valence-corrected chi connectivity index (χ2v) is 5.17. The van der Waals surface area contributed by atoms with E-state index in [9.17, 15) is 0 Å². The van der Waals surface area contributed by atoms with Gasteiger partial charge in [-0.05, 0) is 19.9 Å². The number of anilines is 1. The highest BCUT2D eigenvalue weighted by Gasteiger charge is 2.12. The van der Waals surface area contributed by atoms with Gasteiger partial charge in [0.05, 0.1) is 5.39 Å². The molecule has 6 nitrogen and oxygen atoms in total. The maximum absolute atomic E-state index is 5.41. The number of nitrogens with zero attached hydrogens (tertiary/aromatic N) is 4. The van der Waals surface area contributed by atoms with Crippen molar-refractivity contribution >= 4 is 27.5 Å². The van der Waals surface area contributed by atoms with Crippen molar-refractivity contribution < 1.29 is 0 Å². The van der Waals surface area contributed by atoms with E-state index in [-0.39, 0.29) is 0 Å². The molecule has 0 aliphatic carbocycles. The summed E-state index contributed by atoms with van der Waals surface area (Å²) in [6.07, 6.45) is 3.63. The van der Waals surface area contributed by atoms with Gasteiger partial charge < -0.3 is 0 Å². The Morgan fingerprint density at radius 2 is 2.17 bits per heavy atom. The number of hydrogen-bond acceptors (Lipinski definition) is 6. The van der Waals surface area contributed by atoms with Gasteiger partial charge in [-0.3, -0.25) is 9.99 Å². The zero-order chi connectivity index (χ0) is 12.7. The smallest absolute Gasteiger partial charge is 0.240 e. The fourth-order valence-corrected chi connectivity index (χ4v) is 2.75. The Morgan fingerprint density at radius 1 is 1.33 bits per heavy atom. The summed E-state index contributed by atoms with van der Waals surface area (Å²) in [5.41, 5.74) is 2.50. The van der Waals surface area contributed by atoms with Crippen molar-refractivity contribution in [2.45, 2.75) is 13.8 Å². The summed E-state index contributed by atoms with van der Waals surface area (Å²) >= 11 is 1.62. The first kappa shape index (κ1) is 11.1. The average molecular weight is 260 g/mol. The molecule has 0 fully saturated rings. The normalized spacial score (nSPS) is 11.1. The molecule has 92 valence electrons. The second-order valence-electron chi connectivity index (χ2n) is 3.94. The van der Waals surface area contributed by atoms with Gasteiger partial charge in [0, 0.05) is 17.3 Å². The summed E-state index contributed by atoms with van der Waals surface area (Å²) < 4.78 is 1.93. The zero-order valence-electron chi connectivity index (χ0n) is 10.0. The number of aryl methyl sites for hydroxylation is 2. The highest BCUT2D eigenvalue weighted by Crippen LogP contribution is 2.28. The Bertz CT molecular complexity index is 713. The first-order valence-corrected chi connectivity index (χ1v) is 6.26. The number of nitrogen functional groups attached to an aromatic ring is 1. The van der Waals surface area contributed by atoms with Crippen LogP contribution in [-0.4, -0.2) is 19.5 Å². The molecule has 0 spiro atoms. The van der Waals surface area contributed by atoms with E-state index >= 15 is 0 Å². The molecule has 0 bridgehead atoms. The lowest BCUT2D eigenvalue weighted by Gasteiger charge is -2.07. The van der Waals surface area contributed by atoms with Crippen LogP contribution in [0, 0.1) is 13.8 Å². The van der Waals surface area contributed by atoms with Crippen LogP contribution in [0.3, 0.4) is 0 Å². The maximum Gasteiger partial charge on any atom is 0.240 e. The van der Waals surface area contributed by atoms with Crippen LogP contribution in [0.4, 0.5) is 5.95 Å². The van der Waals surface area contributed by atoms with E-state index in [1.165, 1.54) is 4.88 Å². The van der Waals surface area contributed by atoms with Crippen molar-refractivity contribution in [1.82, 2.24) is 19.5 Å². The van der Waals surface area contributed by atoms with Gasteiger partial charge in [-0.15, -0.1) is 11.3 Å². The van der Waals surface area contributed by atoms with Gasteiger partial charge in [0.2, 0.25) is 5.95 Å². The van der Waals surface area contributed by atoms with Crippen molar-refractivity contribution in [3.8, 4) is 5.82 Å². The Morgan fingerprint density at radius 3 is 2.83 bits per heavy atom. The van der Waals surface area contributed by atoms with Gasteiger partial charge in [-0.1, -0.05) is 0 Å². The third-order valence-electron chi connectivity index (χ3n) is 2.68. The molecule has 18 heavy (non-hydrogen) atoms. The minimum atomic E-state index is 0.410. The number of rotatable bonds is 2. The SMILES string of the molecule is Cc1cc2c(-n3ccnc3C)nc(NN)nc2s1. The van der Waals surface area contributed by atoms with E-state index in [1.807, 2.05) is 24.6 Å². The number of imidazole rings is 1. The lowest BCUT2D eigenvalue weighted by Crippen LogP contribution is -2.12. The van der Waals surface area contributed by atoms with Crippen molar-refractivity contribution in [3.05, 3.63) is 29.2 Å². The minimum absolute atomic E-state index is 0.410. The van der Waals surface area contributed by atoms with Crippen LogP contribution in [0.15, 0.2) is 18.5 Å². The number of aromatic nitrogens is 4. The summed E-state index contributed by atoms with van der Waals surface area (Å²) in [7, 11) is 0. The highest BCUT2D eigenvalue weighted by molar-refractivity contribution is 7.18. The molecule has 3 heterocycles. The molecule has 3 aromatic heterocycles. The lowest BCUT2D eigenvalue weighted by molar-refractivity contribution is 0.935. The van der Waals surface area contributed by atoms with Crippen LogP contribution in [-0.2, 0) is 0 Å². The Balaban J connectivity index is 2.36. The summed E-state index contributed by atoms with van der Waals surface area (Å²) in [5, 5.41) is 1.01. The van der Waals surface area contributed by atoms with E-state index in [0.717, 1.165) is 21.9 Å². The molecule has 0 unspecified atom stereocenters. The molecule has 0 saturated heterocycles. The average Bonchev–Trinajstić information content (AvgIpc) is 2.92. The van der Waals surface area contributed by atoms with E-state index in [0.29, 0.717) is 5.95 Å². The zero-order valence-corrected chi connectivity index (χ0v) is 10.8. The van der Waals surface area contributed by atoms with Crippen molar-refractivity contribution in [1.29, 1.82) is 0 Å². The van der Waals surface area contributed by atoms with Gasteiger partial charge in [0.1, 0.15) is 10.7 Å². The number of nitrogens with two attached hydrogens (primary N) is 1. The predicted octanol–water partition coefficient (Wildman–Crippen LogP) is 1.78. The summed E-state index contributed by atoms with van der Waals surface area (Å²) in [6.45, 7) is 3.98. The van der Waals surface area contributed by atoms with Crippen molar-refractivity contribution in [2.75, 3.05) is 5.43 Å². The molecule has 0 aliphatic heterocycles. The van der Waals surface area contributed by atoms with Crippen LogP contribution in [0.2, 0.25) is 0 Å². The second kappa shape index (κ2) is 4.04. The van der Waals surface area contributed by atoms with E-state index in [1.54, 1.807) is 17.5 Å². The van der Waals surface area contributed by atoms with Crippen LogP contribution in [0.25, 0.3) is 16.0 Å². The Labute approximate surface area is 107 Å². The standard InChI is InChI=1S/C11H12N6S/c1-6-5-8-9(17-4-3-13-7(17)2)14-11(16-12)15-10(8)18-6/h3-5H,12H2,1-2H3,(H,14,15,16). The van der Waals surface area contributed by atoms with E-state index in [2.05, 4.69) is 26.4 Å². The number of fused-ring (bicyclic) bond motifs is 1. The molecule has 0 amide bonds. The van der Waals surface area contributed by atoms with Gasteiger partial charge in [-0.2, -0.15) is 4.98 Å². The highest BCUT2D eigenvalue weighted by atomic mass is 32.1. The Kier molecular flexibility index (Phi) is 2.49. The number of nitrogens with one attached hydrogen (secondary N) is 1. The van der Waals surface area contributed by atoms with Crippen molar-refractivity contribution in [2.24, 2.45) is 5.84 Å². The number of thiophene rings is 1. The molecule has 0 aliphatic rings. The summed E-state index contributed by atoms with van der Waals surface area (Å²) in [5.74, 6) is 7.50. The molecular formula is C11H12N6S. The van der Waals surface area contributed by atoms with Crippen molar-refractivity contribution in [3.63, 3.8) is 0 Å². The largest absolute Gasteiger partial charge is 0.292 e. The van der Waals surface area contributed by atoms with Crippen LogP contribution in [0.1, 0.15) is 10.7 Å². The van der Waals surface area contributed by atoms with E-state index < -0.39 is 0 Å². The molecule has 3 aromatic rings. The summed E-state index contributed by atoms with van der Waals surface area (Å²) in [6, 6.07) is 2.08. The third-order valence-corrected chi connectivity index (χ3v) is 3.62. The first-order valence-electron chi connectivity index (χ1n) is 5.44. The molecule has 0 aromatic carbocycles. The van der Waals surface area contributed by atoms with Gasteiger partial charge in [0.25, 0.3) is 0 Å². The monoisotopic (exact) mass is 260 g/mol. The van der Waals surface area contributed by atoms with Crippen LogP contribution < -0.4 is 11.3 Å². The maximum atomic E-state index is 5.41. The molecule has 0 atom stereocenters. The number of hydrogen-bond donors (Lipinski definition) is 2. The Hall–Kier alpha value is -1.99. The molecule has 7 heteroatoms. The lowest BCUT2D eigenvalue weighted by atomic mass is 10.3. The fraction of sp³-hybridized carbons (Fsp3) is 0.182. The van der Waals surface area contributed by atoms with Gasteiger partial charge >= 0.3 is 0 Å². The molecule has 0 saturated carbocycles. The minimum Gasteiger partial charge on any atom is -0.292 e. The topological polar surface area (TPSA) is 81.7 Å². The van der Waals surface area contributed by atoms with Crippen LogP contribution >= 0.6 is 11.3 Å². The number of hydrazine groups is 1. The first-order chi connectivity index (χ1) is 8.69. The molecule has 3 N–H and O–H groups in total. The molecular weight excluding hydrogens is 248 g/mol. The fourth-order valence-electron chi connectivity index (χ4n) is 1.88. The third kappa shape index (κ3) is 1.64. The predicted molar refractivity (Wildman–Crippen MR) is 71.8 cm³/mol. The molecule has 3 rings (SSSR count). The van der Waals surface area contributed by atoms with Gasteiger partial charge in [0.15, 0.2) is 5.82 Å². The quantitative estimate of drug-likeness (QED) is 0.542.